The molecule has 0 saturated carbocycles. The van der Waals surface area contributed by atoms with E-state index in [4.69, 9.17) is 21.6 Å². The fourth-order valence-electron chi connectivity index (χ4n) is 2.58. The van der Waals surface area contributed by atoms with Gasteiger partial charge in [-0.1, -0.05) is 12.2 Å². The largest absolute Gasteiger partial charge is 0.508 e. The molecule has 6 heteroatoms. The average molecular weight is 322 g/mol. The van der Waals surface area contributed by atoms with Crippen LogP contribution in [0.1, 0.15) is 17.5 Å². The Morgan fingerprint density at radius 3 is 2.62 bits per heavy atom. The molecule has 0 spiro atoms. The van der Waals surface area contributed by atoms with Crippen molar-refractivity contribution in [3.63, 3.8) is 0 Å². The van der Waals surface area contributed by atoms with E-state index in [-0.39, 0.29) is 17.7 Å². The number of nitrogens with one attached hydrogen (secondary N) is 1. The number of rotatable bonds is 4. The van der Waals surface area contributed by atoms with Crippen LogP contribution in [0.2, 0.25) is 0 Å². The molecule has 1 aliphatic carbocycles. The number of hydrogen-bond acceptors (Lipinski definition) is 5. The van der Waals surface area contributed by atoms with Crippen LogP contribution in [0.3, 0.4) is 0 Å². The Labute approximate surface area is 139 Å². The van der Waals surface area contributed by atoms with Crippen molar-refractivity contribution in [2.24, 2.45) is 5.73 Å². The molecular weight excluding hydrogens is 304 g/mol. The van der Waals surface area contributed by atoms with Gasteiger partial charge in [-0.2, -0.15) is 0 Å². The average Bonchev–Trinajstić information content (AvgIpc) is 2.57. The smallest absolute Gasteiger partial charge is 0.125 e. The second kappa shape index (κ2) is 6.45. The fraction of sp³-hybridized carbons (Fsp3) is 0.111. The summed E-state index contributed by atoms with van der Waals surface area (Å²) >= 11 is 0. The molecule has 1 aromatic carbocycles. The van der Waals surface area contributed by atoms with E-state index in [0.717, 1.165) is 11.1 Å². The number of benzene rings is 1. The van der Waals surface area contributed by atoms with Crippen LogP contribution in [0.4, 0.5) is 5.69 Å². The molecule has 6 N–H and O–H groups in total. The van der Waals surface area contributed by atoms with Gasteiger partial charge in [0.1, 0.15) is 23.4 Å². The van der Waals surface area contributed by atoms with Crippen LogP contribution in [0.5, 0.6) is 11.5 Å². The summed E-state index contributed by atoms with van der Waals surface area (Å²) in [6.07, 6.45) is 9.57. The lowest BCUT2D eigenvalue weighted by Crippen LogP contribution is -2.18. The number of allylic oxidation sites excluding steroid dienone is 2. The molecule has 0 bridgehead atoms. The normalized spacial score (nSPS) is 16.5. The zero-order valence-corrected chi connectivity index (χ0v) is 12.9. The van der Waals surface area contributed by atoms with Crippen molar-refractivity contribution >= 4 is 17.1 Å². The Balaban J connectivity index is 1.77. The van der Waals surface area contributed by atoms with Gasteiger partial charge in [-0.3, -0.25) is 10.4 Å². The summed E-state index contributed by atoms with van der Waals surface area (Å²) in [6, 6.07) is 6.61. The monoisotopic (exact) mass is 322 g/mol. The van der Waals surface area contributed by atoms with Crippen LogP contribution >= 0.6 is 0 Å². The number of amidine groups is 1. The summed E-state index contributed by atoms with van der Waals surface area (Å²) in [6.45, 7) is 0. The second-order valence-electron chi connectivity index (χ2n) is 5.47. The third-order valence-electron chi connectivity index (χ3n) is 3.74. The number of anilines is 1. The lowest BCUT2D eigenvalue weighted by molar-refractivity contribution is 0.251. The Kier molecular flexibility index (Phi) is 4.20. The molecule has 2 aromatic rings. The maximum absolute atomic E-state index is 9.29. The van der Waals surface area contributed by atoms with Gasteiger partial charge in [-0.25, -0.2) is 0 Å². The van der Waals surface area contributed by atoms with Gasteiger partial charge < -0.3 is 21.3 Å². The van der Waals surface area contributed by atoms with Crippen LogP contribution < -0.4 is 16.2 Å². The molecule has 0 amide bonds. The van der Waals surface area contributed by atoms with Gasteiger partial charge in [0.15, 0.2) is 0 Å². The molecule has 0 fully saturated rings. The minimum atomic E-state index is -0.104. The first-order valence-electron chi connectivity index (χ1n) is 7.47. The zero-order chi connectivity index (χ0) is 17.1. The number of ether oxygens (including phenoxy) is 1. The molecule has 0 saturated heterocycles. The van der Waals surface area contributed by atoms with E-state index in [9.17, 15) is 5.11 Å². The highest BCUT2D eigenvalue weighted by atomic mass is 16.5. The van der Waals surface area contributed by atoms with E-state index >= 15 is 0 Å². The number of pyridine rings is 1. The first kappa shape index (κ1) is 15.6. The van der Waals surface area contributed by atoms with Crippen LogP contribution in [-0.2, 0) is 0 Å². The van der Waals surface area contributed by atoms with Crippen molar-refractivity contribution < 1.29 is 9.84 Å². The minimum Gasteiger partial charge on any atom is -0.508 e. The molecule has 0 radical (unpaired) electrons. The molecule has 1 heterocycles. The van der Waals surface area contributed by atoms with Gasteiger partial charge in [-0.15, -0.1) is 0 Å². The summed E-state index contributed by atoms with van der Waals surface area (Å²) in [5.41, 5.74) is 14.1. The fourth-order valence-corrected chi connectivity index (χ4v) is 2.58. The van der Waals surface area contributed by atoms with Crippen molar-refractivity contribution in [3.05, 3.63) is 66.0 Å². The van der Waals surface area contributed by atoms with Crippen molar-refractivity contribution in [1.29, 1.82) is 5.41 Å². The number of phenolic OH excluding ortho intramolecular Hbond substituents is 1. The van der Waals surface area contributed by atoms with Crippen LogP contribution in [0.15, 0.2) is 54.9 Å². The van der Waals surface area contributed by atoms with Gasteiger partial charge in [0.25, 0.3) is 0 Å². The van der Waals surface area contributed by atoms with E-state index in [0.29, 0.717) is 23.4 Å². The van der Waals surface area contributed by atoms with E-state index in [1.165, 1.54) is 6.20 Å². The molecule has 6 nitrogen and oxygen atoms in total. The molecule has 1 unspecified atom stereocenters. The first-order valence-corrected chi connectivity index (χ1v) is 7.47. The van der Waals surface area contributed by atoms with Crippen LogP contribution in [-0.4, -0.2) is 22.0 Å². The summed E-state index contributed by atoms with van der Waals surface area (Å²) in [4.78, 5) is 4.09. The Hall–Kier alpha value is -3.28. The molecular formula is C18H18N4O2. The van der Waals surface area contributed by atoms with Gasteiger partial charge in [0.05, 0.1) is 11.9 Å². The maximum Gasteiger partial charge on any atom is 0.125 e. The third-order valence-corrected chi connectivity index (χ3v) is 3.74. The SMILES string of the molecule is N=C(N)c1c(N)cncc1C1=CCC(Oc2ccc(O)cc2)C=C1. The molecule has 1 aromatic heterocycles. The number of nitrogen functional groups attached to an aromatic ring is 2. The highest BCUT2D eigenvalue weighted by molar-refractivity contribution is 6.05. The topological polar surface area (TPSA) is 118 Å². The molecule has 1 atom stereocenters. The number of aromatic nitrogens is 1. The third kappa shape index (κ3) is 3.22. The molecule has 1 aliphatic rings. The summed E-state index contributed by atoms with van der Waals surface area (Å²) in [5.74, 6) is 0.811. The second-order valence-corrected chi connectivity index (χ2v) is 5.47. The van der Waals surface area contributed by atoms with Gasteiger partial charge in [-0.05, 0) is 35.9 Å². The summed E-state index contributed by atoms with van der Waals surface area (Å²) in [7, 11) is 0. The van der Waals surface area contributed by atoms with Gasteiger partial charge in [0, 0.05) is 23.7 Å². The molecule has 24 heavy (non-hydrogen) atoms. The zero-order valence-electron chi connectivity index (χ0n) is 12.9. The van der Waals surface area contributed by atoms with E-state index in [1.54, 1.807) is 30.5 Å². The predicted molar refractivity (Wildman–Crippen MR) is 93.9 cm³/mol. The van der Waals surface area contributed by atoms with Crippen molar-refractivity contribution in [1.82, 2.24) is 4.98 Å². The van der Waals surface area contributed by atoms with Crippen LogP contribution in [0.25, 0.3) is 5.57 Å². The number of nitrogens with zero attached hydrogens (tertiary/aromatic N) is 1. The number of phenols is 1. The lowest BCUT2D eigenvalue weighted by Gasteiger charge is -2.19. The van der Waals surface area contributed by atoms with Crippen molar-refractivity contribution in [3.8, 4) is 11.5 Å². The molecule has 3 rings (SSSR count). The van der Waals surface area contributed by atoms with Gasteiger partial charge >= 0.3 is 0 Å². The van der Waals surface area contributed by atoms with E-state index < -0.39 is 0 Å². The Morgan fingerprint density at radius 2 is 2.00 bits per heavy atom. The number of hydrogen-bond donors (Lipinski definition) is 4. The van der Waals surface area contributed by atoms with Crippen molar-refractivity contribution in [2.45, 2.75) is 12.5 Å². The lowest BCUT2D eigenvalue weighted by atomic mass is 9.95. The molecule has 122 valence electrons. The highest BCUT2D eigenvalue weighted by Gasteiger charge is 2.16. The van der Waals surface area contributed by atoms with E-state index in [1.807, 2.05) is 18.2 Å². The number of nitrogens with two attached hydrogens (primary N) is 2. The van der Waals surface area contributed by atoms with Gasteiger partial charge in [0.2, 0.25) is 0 Å². The first-order chi connectivity index (χ1) is 11.5. The maximum atomic E-state index is 9.29. The summed E-state index contributed by atoms with van der Waals surface area (Å²) < 4.78 is 5.85. The van der Waals surface area contributed by atoms with E-state index in [2.05, 4.69) is 4.98 Å². The van der Waals surface area contributed by atoms with Crippen molar-refractivity contribution in [2.75, 3.05) is 5.73 Å². The summed E-state index contributed by atoms with van der Waals surface area (Å²) in [5, 5.41) is 17.0. The predicted octanol–water partition coefficient (Wildman–Crippen LogP) is 2.44. The Morgan fingerprint density at radius 1 is 1.25 bits per heavy atom. The minimum absolute atomic E-state index is 0.0818. The van der Waals surface area contributed by atoms with Crippen LogP contribution in [0, 0.1) is 5.41 Å². The number of aromatic hydroxyl groups is 1. The highest BCUT2D eigenvalue weighted by Crippen LogP contribution is 2.28. The quantitative estimate of drug-likeness (QED) is 0.509. The standard InChI is InChI=1S/C18H18N4O2/c19-16-10-22-9-15(17(16)18(20)21)11-1-5-13(6-2-11)24-14-7-3-12(23)4-8-14/h1-5,7-10,13,23H,6,19H2,(H3,20,21). The Bertz CT molecular complexity index is 825. The molecule has 0 aliphatic heterocycles.